The number of carbonyl (C=O) groups is 2. The van der Waals surface area contributed by atoms with Gasteiger partial charge in [-0.1, -0.05) is 11.9 Å². The minimum atomic E-state index is -0.645. The highest BCUT2D eigenvalue weighted by atomic mass is 32.2. The number of carbonyl (C=O) groups excluding carboxylic acids is 2. The number of hydrogen-bond acceptors (Lipinski definition) is 6. The first-order valence-corrected chi connectivity index (χ1v) is 8.31. The third-order valence-electron chi connectivity index (χ3n) is 3.36. The SMILES string of the molecule is COC(=O)C(NC(=O)OC(C)(C)C)C1CCN(SC)CC1. The molecule has 1 amide bonds. The molecule has 21 heavy (non-hydrogen) atoms. The van der Waals surface area contributed by atoms with Crippen molar-refractivity contribution in [1.29, 1.82) is 0 Å². The van der Waals surface area contributed by atoms with Crippen molar-refractivity contribution >= 4 is 24.0 Å². The maximum absolute atomic E-state index is 12.0. The van der Waals surface area contributed by atoms with Gasteiger partial charge in [0.2, 0.25) is 0 Å². The monoisotopic (exact) mass is 318 g/mol. The largest absolute Gasteiger partial charge is 0.467 e. The van der Waals surface area contributed by atoms with Crippen molar-refractivity contribution in [2.75, 3.05) is 26.5 Å². The van der Waals surface area contributed by atoms with E-state index in [0.29, 0.717) is 0 Å². The number of nitrogens with zero attached hydrogens (tertiary/aromatic N) is 1. The molecule has 0 saturated carbocycles. The number of piperidine rings is 1. The van der Waals surface area contributed by atoms with Crippen LogP contribution in [0.3, 0.4) is 0 Å². The number of esters is 1. The number of hydrogen-bond donors (Lipinski definition) is 1. The molecule has 1 unspecified atom stereocenters. The van der Waals surface area contributed by atoms with Crippen molar-refractivity contribution in [1.82, 2.24) is 9.62 Å². The summed E-state index contributed by atoms with van der Waals surface area (Å²) >= 11 is 1.70. The third kappa shape index (κ3) is 6.13. The van der Waals surface area contributed by atoms with Gasteiger partial charge in [-0.3, -0.25) is 4.31 Å². The molecule has 1 aliphatic rings. The number of rotatable bonds is 4. The number of amides is 1. The molecule has 0 spiro atoms. The quantitative estimate of drug-likeness (QED) is 0.632. The molecule has 6 nitrogen and oxygen atoms in total. The zero-order valence-electron chi connectivity index (χ0n) is 13.5. The lowest BCUT2D eigenvalue weighted by Crippen LogP contribution is -2.50. The second kappa shape index (κ2) is 7.89. The lowest BCUT2D eigenvalue weighted by molar-refractivity contribution is -0.145. The van der Waals surface area contributed by atoms with Crippen molar-refractivity contribution in [3.8, 4) is 0 Å². The van der Waals surface area contributed by atoms with Crippen LogP contribution in [0.5, 0.6) is 0 Å². The maximum atomic E-state index is 12.0. The summed E-state index contributed by atoms with van der Waals surface area (Å²) in [7, 11) is 1.34. The normalized spacial score (nSPS) is 18.9. The fourth-order valence-electron chi connectivity index (χ4n) is 2.32. The van der Waals surface area contributed by atoms with Gasteiger partial charge in [0.25, 0.3) is 0 Å². The van der Waals surface area contributed by atoms with Crippen LogP contribution in [0.2, 0.25) is 0 Å². The summed E-state index contributed by atoms with van der Waals surface area (Å²) < 4.78 is 12.3. The molecular formula is C14H26N2O4S. The van der Waals surface area contributed by atoms with Gasteiger partial charge in [-0.25, -0.2) is 9.59 Å². The molecule has 1 fully saturated rings. The van der Waals surface area contributed by atoms with Crippen LogP contribution >= 0.6 is 11.9 Å². The molecule has 1 heterocycles. The van der Waals surface area contributed by atoms with E-state index in [1.165, 1.54) is 7.11 Å². The molecule has 0 aromatic rings. The maximum Gasteiger partial charge on any atom is 0.408 e. The Bertz CT molecular complexity index is 362. The number of methoxy groups -OCH3 is 1. The van der Waals surface area contributed by atoms with Crippen LogP contribution in [0, 0.1) is 5.92 Å². The van der Waals surface area contributed by atoms with Gasteiger partial charge < -0.3 is 14.8 Å². The Labute approximate surface area is 131 Å². The smallest absolute Gasteiger partial charge is 0.408 e. The van der Waals surface area contributed by atoms with Gasteiger partial charge in [0.15, 0.2) is 0 Å². The van der Waals surface area contributed by atoms with Crippen molar-refractivity contribution in [3.63, 3.8) is 0 Å². The molecule has 0 aromatic heterocycles. The summed E-state index contributed by atoms with van der Waals surface area (Å²) in [6.45, 7) is 7.16. The van der Waals surface area contributed by atoms with Gasteiger partial charge >= 0.3 is 12.1 Å². The summed E-state index contributed by atoms with van der Waals surface area (Å²) in [5, 5.41) is 2.67. The molecule has 1 atom stereocenters. The first kappa shape index (κ1) is 18.1. The van der Waals surface area contributed by atoms with Crippen molar-refractivity contribution in [3.05, 3.63) is 0 Å². The van der Waals surface area contributed by atoms with Gasteiger partial charge in [-0.2, -0.15) is 0 Å². The van der Waals surface area contributed by atoms with E-state index < -0.39 is 23.7 Å². The molecule has 0 aliphatic carbocycles. The summed E-state index contributed by atoms with van der Waals surface area (Å²) in [4.78, 5) is 23.8. The first-order chi connectivity index (χ1) is 9.76. The Hall–Kier alpha value is -0.950. The molecule has 0 radical (unpaired) electrons. The average molecular weight is 318 g/mol. The predicted molar refractivity (Wildman–Crippen MR) is 83.0 cm³/mol. The Balaban J connectivity index is 2.64. The molecule has 1 rings (SSSR count). The van der Waals surface area contributed by atoms with E-state index in [-0.39, 0.29) is 5.92 Å². The zero-order chi connectivity index (χ0) is 16.0. The van der Waals surface area contributed by atoms with Crippen LogP contribution in [0.15, 0.2) is 0 Å². The molecule has 122 valence electrons. The standard InChI is InChI=1S/C14H26N2O4S/c1-14(2,3)20-13(18)15-11(12(17)19-4)10-6-8-16(21-5)9-7-10/h10-11H,6-9H2,1-5H3,(H,15,18). The lowest BCUT2D eigenvalue weighted by Gasteiger charge is -2.34. The van der Waals surface area contributed by atoms with Crippen molar-refractivity contribution < 1.29 is 19.1 Å². The van der Waals surface area contributed by atoms with Crippen molar-refractivity contribution in [2.45, 2.75) is 45.3 Å². The van der Waals surface area contributed by atoms with E-state index in [9.17, 15) is 9.59 Å². The Morgan fingerprint density at radius 1 is 1.29 bits per heavy atom. The lowest BCUT2D eigenvalue weighted by atomic mass is 9.90. The molecule has 1 aliphatic heterocycles. The van der Waals surface area contributed by atoms with Crippen LogP contribution in [-0.4, -0.2) is 54.5 Å². The Kier molecular flexibility index (Phi) is 6.80. The molecule has 0 bridgehead atoms. The second-order valence-electron chi connectivity index (χ2n) is 6.10. The van der Waals surface area contributed by atoms with Crippen LogP contribution in [-0.2, 0) is 14.3 Å². The summed E-state index contributed by atoms with van der Waals surface area (Å²) in [5.41, 5.74) is -0.590. The molecule has 0 aromatic carbocycles. The summed E-state index contributed by atoms with van der Waals surface area (Å²) in [5.74, 6) is -0.336. The highest BCUT2D eigenvalue weighted by Crippen LogP contribution is 2.25. The third-order valence-corrected chi connectivity index (χ3v) is 4.24. The van der Waals surface area contributed by atoms with Gasteiger partial charge in [0, 0.05) is 13.1 Å². The van der Waals surface area contributed by atoms with Crippen LogP contribution < -0.4 is 5.32 Å². The van der Waals surface area contributed by atoms with Gasteiger partial charge in [-0.05, 0) is 45.8 Å². The highest BCUT2D eigenvalue weighted by molar-refractivity contribution is 7.96. The molecule has 7 heteroatoms. The van der Waals surface area contributed by atoms with Crippen LogP contribution in [0.25, 0.3) is 0 Å². The van der Waals surface area contributed by atoms with E-state index in [4.69, 9.17) is 9.47 Å². The zero-order valence-corrected chi connectivity index (χ0v) is 14.3. The summed E-state index contributed by atoms with van der Waals surface area (Å²) in [6.07, 6.45) is 3.15. The number of nitrogens with one attached hydrogen (secondary N) is 1. The fraction of sp³-hybridized carbons (Fsp3) is 0.857. The van der Waals surface area contributed by atoms with Gasteiger partial charge in [-0.15, -0.1) is 0 Å². The van der Waals surface area contributed by atoms with E-state index in [2.05, 4.69) is 9.62 Å². The van der Waals surface area contributed by atoms with Crippen molar-refractivity contribution in [2.24, 2.45) is 5.92 Å². The van der Waals surface area contributed by atoms with Crippen LogP contribution in [0.1, 0.15) is 33.6 Å². The Morgan fingerprint density at radius 3 is 2.29 bits per heavy atom. The average Bonchev–Trinajstić information content (AvgIpc) is 2.42. The van der Waals surface area contributed by atoms with Crippen LogP contribution in [0.4, 0.5) is 4.79 Å². The van der Waals surface area contributed by atoms with Gasteiger partial charge in [0.05, 0.1) is 7.11 Å². The summed E-state index contributed by atoms with van der Waals surface area (Å²) in [6, 6.07) is -0.645. The number of ether oxygens (including phenoxy) is 2. The minimum absolute atomic E-state index is 0.0772. The minimum Gasteiger partial charge on any atom is -0.467 e. The van der Waals surface area contributed by atoms with E-state index in [0.717, 1.165) is 25.9 Å². The molecular weight excluding hydrogens is 292 g/mol. The Morgan fingerprint density at radius 2 is 1.86 bits per heavy atom. The second-order valence-corrected chi connectivity index (χ2v) is 6.98. The first-order valence-electron chi connectivity index (χ1n) is 7.13. The molecule has 1 N–H and O–H groups in total. The fourth-order valence-corrected chi connectivity index (χ4v) is 2.90. The topological polar surface area (TPSA) is 67.9 Å². The van der Waals surface area contributed by atoms with Gasteiger partial charge in [0.1, 0.15) is 11.6 Å². The van der Waals surface area contributed by atoms with E-state index in [1.54, 1.807) is 32.7 Å². The number of alkyl carbamates (subject to hydrolysis) is 1. The van der Waals surface area contributed by atoms with E-state index in [1.807, 2.05) is 6.26 Å². The highest BCUT2D eigenvalue weighted by Gasteiger charge is 2.34. The molecule has 1 saturated heterocycles. The predicted octanol–water partition coefficient (Wildman–Crippen LogP) is 2.04. The van der Waals surface area contributed by atoms with E-state index >= 15 is 0 Å².